The van der Waals surface area contributed by atoms with Gasteiger partial charge in [-0.3, -0.25) is 0 Å². The molecular formula is C16H17Cl. The Kier molecular flexibility index (Phi) is 3.86. The Labute approximate surface area is 108 Å². The third-order valence-electron chi connectivity index (χ3n) is 3.15. The molecule has 0 aliphatic rings. The highest BCUT2D eigenvalue weighted by Gasteiger charge is 2.08. The Morgan fingerprint density at radius 2 is 1.65 bits per heavy atom. The number of rotatable bonds is 3. The molecule has 0 aromatic heterocycles. The van der Waals surface area contributed by atoms with Gasteiger partial charge in [-0.1, -0.05) is 48.5 Å². The Hall–Kier alpha value is -1.27. The normalized spacial score (nSPS) is 12.4. The van der Waals surface area contributed by atoms with Gasteiger partial charge in [0.15, 0.2) is 0 Å². The SMILES string of the molecule is Cc1ccc(CC(Cl)c2ccccc2)cc1C. The van der Waals surface area contributed by atoms with E-state index in [2.05, 4.69) is 44.2 Å². The highest BCUT2D eigenvalue weighted by Crippen LogP contribution is 2.25. The van der Waals surface area contributed by atoms with Crippen molar-refractivity contribution in [2.45, 2.75) is 25.6 Å². The van der Waals surface area contributed by atoms with E-state index in [0.29, 0.717) is 0 Å². The minimum absolute atomic E-state index is 0.0540. The predicted octanol–water partition coefficient (Wildman–Crippen LogP) is 4.83. The maximum atomic E-state index is 6.43. The third kappa shape index (κ3) is 3.10. The summed E-state index contributed by atoms with van der Waals surface area (Å²) in [5, 5.41) is 0.0540. The van der Waals surface area contributed by atoms with Crippen LogP contribution in [-0.4, -0.2) is 0 Å². The lowest BCUT2D eigenvalue weighted by atomic mass is 10.0. The van der Waals surface area contributed by atoms with E-state index in [-0.39, 0.29) is 5.38 Å². The molecule has 0 aliphatic carbocycles. The average Bonchev–Trinajstić information content (AvgIpc) is 2.35. The summed E-state index contributed by atoms with van der Waals surface area (Å²) < 4.78 is 0. The van der Waals surface area contributed by atoms with E-state index in [9.17, 15) is 0 Å². The van der Waals surface area contributed by atoms with Crippen LogP contribution in [-0.2, 0) is 6.42 Å². The molecule has 0 radical (unpaired) electrons. The Morgan fingerprint density at radius 1 is 0.941 bits per heavy atom. The van der Waals surface area contributed by atoms with Gasteiger partial charge < -0.3 is 0 Å². The van der Waals surface area contributed by atoms with E-state index in [0.717, 1.165) is 6.42 Å². The molecule has 1 heteroatoms. The number of benzene rings is 2. The first-order chi connectivity index (χ1) is 8.16. The van der Waals surface area contributed by atoms with Crippen molar-refractivity contribution < 1.29 is 0 Å². The van der Waals surface area contributed by atoms with Gasteiger partial charge in [0.2, 0.25) is 0 Å². The first-order valence-electron chi connectivity index (χ1n) is 5.92. The van der Waals surface area contributed by atoms with Crippen molar-refractivity contribution in [3.8, 4) is 0 Å². The first-order valence-corrected chi connectivity index (χ1v) is 6.35. The minimum Gasteiger partial charge on any atom is -0.117 e. The van der Waals surface area contributed by atoms with Crippen LogP contribution in [0.2, 0.25) is 0 Å². The van der Waals surface area contributed by atoms with E-state index < -0.39 is 0 Å². The summed E-state index contributed by atoms with van der Waals surface area (Å²) in [5.74, 6) is 0. The molecular weight excluding hydrogens is 228 g/mol. The lowest BCUT2D eigenvalue weighted by Gasteiger charge is -2.11. The van der Waals surface area contributed by atoms with Gasteiger partial charge in [-0.15, -0.1) is 11.6 Å². The van der Waals surface area contributed by atoms with Gasteiger partial charge in [0.1, 0.15) is 0 Å². The Morgan fingerprint density at radius 3 is 2.29 bits per heavy atom. The van der Waals surface area contributed by atoms with E-state index in [1.807, 2.05) is 18.2 Å². The van der Waals surface area contributed by atoms with Gasteiger partial charge >= 0.3 is 0 Å². The molecule has 0 spiro atoms. The van der Waals surface area contributed by atoms with Crippen LogP contribution >= 0.6 is 11.6 Å². The zero-order valence-electron chi connectivity index (χ0n) is 10.3. The Bertz CT molecular complexity index is 488. The van der Waals surface area contributed by atoms with Gasteiger partial charge in [0.25, 0.3) is 0 Å². The molecule has 0 aliphatic heterocycles. The van der Waals surface area contributed by atoms with Crippen LogP contribution in [0.1, 0.15) is 27.6 Å². The van der Waals surface area contributed by atoms with Crippen LogP contribution in [0.15, 0.2) is 48.5 Å². The molecule has 0 saturated heterocycles. The minimum atomic E-state index is 0.0540. The van der Waals surface area contributed by atoms with Crippen molar-refractivity contribution in [3.05, 3.63) is 70.8 Å². The van der Waals surface area contributed by atoms with Gasteiger partial charge in [0.05, 0.1) is 5.38 Å². The highest BCUT2D eigenvalue weighted by molar-refractivity contribution is 6.20. The van der Waals surface area contributed by atoms with Crippen molar-refractivity contribution in [3.63, 3.8) is 0 Å². The molecule has 0 amide bonds. The van der Waals surface area contributed by atoms with Gasteiger partial charge in [0, 0.05) is 0 Å². The highest BCUT2D eigenvalue weighted by atomic mass is 35.5. The molecule has 0 N–H and O–H groups in total. The Balaban J connectivity index is 2.13. The molecule has 2 aromatic rings. The van der Waals surface area contributed by atoms with Crippen LogP contribution in [0.5, 0.6) is 0 Å². The maximum Gasteiger partial charge on any atom is 0.0625 e. The molecule has 1 atom stereocenters. The topological polar surface area (TPSA) is 0 Å². The standard InChI is InChI=1S/C16H17Cl/c1-12-8-9-14(10-13(12)2)11-16(17)15-6-4-3-5-7-15/h3-10,16H,11H2,1-2H3. The first kappa shape index (κ1) is 12.2. The number of alkyl halides is 1. The average molecular weight is 245 g/mol. The van der Waals surface area contributed by atoms with Crippen LogP contribution < -0.4 is 0 Å². The fourth-order valence-electron chi connectivity index (χ4n) is 1.92. The lowest BCUT2D eigenvalue weighted by molar-refractivity contribution is 0.917. The van der Waals surface area contributed by atoms with E-state index >= 15 is 0 Å². The number of aryl methyl sites for hydroxylation is 2. The van der Waals surface area contributed by atoms with Gasteiger partial charge in [-0.2, -0.15) is 0 Å². The molecule has 0 heterocycles. The molecule has 0 bridgehead atoms. The van der Waals surface area contributed by atoms with Crippen LogP contribution in [0, 0.1) is 13.8 Å². The van der Waals surface area contributed by atoms with Gasteiger partial charge in [-0.05, 0) is 42.5 Å². The maximum absolute atomic E-state index is 6.43. The second kappa shape index (κ2) is 5.37. The molecule has 0 saturated carbocycles. The van der Waals surface area contributed by atoms with Crippen molar-refractivity contribution in [2.75, 3.05) is 0 Å². The summed E-state index contributed by atoms with van der Waals surface area (Å²) in [5.41, 5.74) is 5.16. The van der Waals surface area contributed by atoms with E-state index in [1.165, 1.54) is 22.3 Å². The molecule has 2 rings (SSSR count). The van der Waals surface area contributed by atoms with Crippen molar-refractivity contribution in [2.24, 2.45) is 0 Å². The second-order valence-corrected chi connectivity index (χ2v) is 5.03. The molecule has 2 aromatic carbocycles. The predicted molar refractivity (Wildman–Crippen MR) is 74.7 cm³/mol. The molecule has 1 unspecified atom stereocenters. The lowest BCUT2D eigenvalue weighted by Crippen LogP contribution is -1.96. The zero-order chi connectivity index (χ0) is 12.3. The smallest absolute Gasteiger partial charge is 0.0625 e. The largest absolute Gasteiger partial charge is 0.117 e. The molecule has 0 fully saturated rings. The summed E-state index contributed by atoms with van der Waals surface area (Å²) in [6.45, 7) is 4.28. The third-order valence-corrected chi connectivity index (χ3v) is 3.55. The zero-order valence-corrected chi connectivity index (χ0v) is 11.0. The van der Waals surface area contributed by atoms with Gasteiger partial charge in [-0.25, -0.2) is 0 Å². The van der Waals surface area contributed by atoms with Crippen molar-refractivity contribution >= 4 is 11.6 Å². The van der Waals surface area contributed by atoms with Crippen LogP contribution in [0.4, 0.5) is 0 Å². The molecule has 0 nitrogen and oxygen atoms in total. The van der Waals surface area contributed by atoms with Crippen molar-refractivity contribution in [1.82, 2.24) is 0 Å². The fraction of sp³-hybridized carbons (Fsp3) is 0.250. The van der Waals surface area contributed by atoms with Crippen LogP contribution in [0.3, 0.4) is 0 Å². The summed E-state index contributed by atoms with van der Waals surface area (Å²) in [4.78, 5) is 0. The summed E-state index contributed by atoms with van der Waals surface area (Å²) in [6, 6.07) is 16.8. The number of hydrogen-bond donors (Lipinski definition) is 0. The summed E-state index contributed by atoms with van der Waals surface area (Å²) in [7, 11) is 0. The summed E-state index contributed by atoms with van der Waals surface area (Å²) in [6.07, 6.45) is 0.882. The van der Waals surface area contributed by atoms with E-state index in [4.69, 9.17) is 11.6 Å². The number of halogens is 1. The fourth-order valence-corrected chi connectivity index (χ4v) is 2.24. The quantitative estimate of drug-likeness (QED) is 0.679. The van der Waals surface area contributed by atoms with Crippen LogP contribution in [0.25, 0.3) is 0 Å². The molecule has 17 heavy (non-hydrogen) atoms. The molecule has 88 valence electrons. The second-order valence-electron chi connectivity index (χ2n) is 4.50. The van der Waals surface area contributed by atoms with E-state index in [1.54, 1.807) is 0 Å². The number of hydrogen-bond acceptors (Lipinski definition) is 0. The summed E-state index contributed by atoms with van der Waals surface area (Å²) >= 11 is 6.43. The monoisotopic (exact) mass is 244 g/mol. The van der Waals surface area contributed by atoms with Crippen molar-refractivity contribution in [1.29, 1.82) is 0 Å².